The largest absolute Gasteiger partial charge is 0.347 e. The Balaban J connectivity index is 1.97. The molecular formula is C22H23N3O. The summed E-state index contributed by atoms with van der Waals surface area (Å²) >= 11 is 0. The Labute approximate surface area is 154 Å². The molecule has 0 atom stereocenters. The van der Waals surface area contributed by atoms with Crippen LogP contribution in [0, 0.1) is 6.92 Å². The number of hydrogen-bond acceptors (Lipinski definition) is 2. The van der Waals surface area contributed by atoms with E-state index < -0.39 is 0 Å². The highest BCUT2D eigenvalue weighted by molar-refractivity contribution is 5.92. The zero-order valence-electron chi connectivity index (χ0n) is 15.2. The van der Waals surface area contributed by atoms with Crippen molar-refractivity contribution in [2.24, 2.45) is 0 Å². The van der Waals surface area contributed by atoms with E-state index in [1.807, 2.05) is 43.3 Å². The molecule has 0 saturated heterocycles. The molecule has 0 unspecified atom stereocenters. The molecule has 2 aromatic carbocycles. The summed E-state index contributed by atoms with van der Waals surface area (Å²) in [6, 6.07) is 20.4. The summed E-state index contributed by atoms with van der Waals surface area (Å²) in [5, 5.41) is 2.88. The number of carbonyl (C=O) groups excluding carboxylic acids is 1. The number of nitrogens with one attached hydrogen (secondary N) is 1. The van der Waals surface area contributed by atoms with Crippen LogP contribution in [0.2, 0.25) is 0 Å². The lowest BCUT2D eigenvalue weighted by atomic mass is 10.2. The first-order valence-electron chi connectivity index (χ1n) is 8.65. The average Bonchev–Trinajstić information content (AvgIpc) is 2.97. The fourth-order valence-corrected chi connectivity index (χ4v) is 2.83. The fraction of sp³-hybridized carbons (Fsp3) is 0.182. The molecule has 0 bridgehead atoms. The van der Waals surface area contributed by atoms with E-state index in [0.717, 1.165) is 29.3 Å². The van der Waals surface area contributed by atoms with Crippen molar-refractivity contribution < 1.29 is 4.79 Å². The molecule has 0 saturated carbocycles. The minimum atomic E-state index is -0.150. The molecule has 0 radical (unpaired) electrons. The maximum Gasteiger partial charge on any atom is 0.246 e. The second-order valence-corrected chi connectivity index (χ2v) is 6.37. The number of nitrogens with zero attached hydrogens (tertiary/aromatic N) is 2. The third-order valence-electron chi connectivity index (χ3n) is 4.34. The lowest BCUT2D eigenvalue weighted by Gasteiger charge is -2.11. The van der Waals surface area contributed by atoms with E-state index in [0.29, 0.717) is 12.1 Å². The van der Waals surface area contributed by atoms with E-state index in [1.54, 1.807) is 6.92 Å². The Kier molecular flexibility index (Phi) is 5.32. The summed E-state index contributed by atoms with van der Waals surface area (Å²) in [6.07, 6.45) is 0. The van der Waals surface area contributed by atoms with Crippen molar-refractivity contribution in [2.75, 3.05) is 0 Å². The fourth-order valence-electron chi connectivity index (χ4n) is 2.83. The highest BCUT2D eigenvalue weighted by atomic mass is 16.1. The van der Waals surface area contributed by atoms with E-state index in [1.165, 1.54) is 5.56 Å². The predicted octanol–water partition coefficient (Wildman–Crippen LogP) is 4.10. The molecule has 0 spiro atoms. The lowest BCUT2D eigenvalue weighted by molar-refractivity contribution is -0.117. The number of hydrogen-bond donors (Lipinski definition) is 1. The minimum Gasteiger partial charge on any atom is -0.347 e. The van der Waals surface area contributed by atoms with Gasteiger partial charge >= 0.3 is 0 Å². The van der Waals surface area contributed by atoms with Gasteiger partial charge in [0.2, 0.25) is 5.91 Å². The van der Waals surface area contributed by atoms with Gasteiger partial charge in [-0.3, -0.25) is 4.79 Å². The van der Waals surface area contributed by atoms with E-state index in [9.17, 15) is 4.79 Å². The number of imidazole rings is 1. The molecule has 3 rings (SSSR count). The number of amides is 1. The molecule has 0 aliphatic carbocycles. The first-order chi connectivity index (χ1) is 12.6. The molecule has 1 heterocycles. The molecule has 132 valence electrons. The average molecular weight is 345 g/mol. The Morgan fingerprint density at radius 1 is 1.08 bits per heavy atom. The van der Waals surface area contributed by atoms with Crippen LogP contribution in [0.1, 0.15) is 23.9 Å². The zero-order chi connectivity index (χ0) is 18.5. The van der Waals surface area contributed by atoms with Crippen LogP contribution in [0.25, 0.3) is 11.4 Å². The van der Waals surface area contributed by atoms with Crippen molar-refractivity contribution in [1.82, 2.24) is 14.9 Å². The number of benzene rings is 2. The summed E-state index contributed by atoms with van der Waals surface area (Å²) < 4.78 is 2.20. The van der Waals surface area contributed by atoms with Crippen molar-refractivity contribution in [3.63, 3.8) is 0 Å². The van der Waals surface area contributed by atoms with E-state index >= 15 is 0 Å². The molecular weight excluding hydrogens is 322 g/mol. The SMILES string of the molecule is C=C(C)C(=O)NCc1nc(-c2ccccc2)n(Cc2ccccc2)c1C. The first-order valence-corrected chi connectivity index (χ1v) is 8.65. The van der Waals surface area contributed by atoms with Gasteiger partial charge in [0.25, 0.3) is 0 Å². The highest BCUT2D eigenvalue weighted by Crippen LogP contribution is 2.23. The molecule has 26 heavy (non-hydrogen) atoms. The molecule has 1 aromatic heterocycles. The molecule has 0 fully saturated rings. The summed E-state index contributed by atoms with van der Waals surface area (Å²) in [5.41, 5.74) is 4.69. The summed E-state index contributed by atoms with van der Waals surface area (Å²) in [4.78, 5) is 16.7. The Bertz CT molecular complexity index is 911. The molecule has 1 amide bonds. The number of aromatic nitrogens is 2. The third-order valence-corrected chi connectivity index (χ3v) is 4.34. The van der Waals surface area contributed by atoms with Crippen LogP contribution in [-0.4, -0.2) is 15.5 Å². The van der Waals surface area contributed by atoms with Gasteiger partial charge in [-0.15, -0.1) is 0 Å². The summed E-state index contributed by atoms with van der Waals surface area (Å²) in [5.74, 6) is 0.759. The van der Waals surface area contributed by atoms with Crippen LogP contribution in [0.5, 0.6) is 0 Å². The van der Waals surface area contributed by atoms with Crippen molar-refractivity contribution in [3.05, 3.63) is 89.8 Å². The van der Waals surface area contributed by atoms with Crippen LogP contribution in [0.4, 0.5) is 0 Å². The maximum atomic E-state index is 11.8. The van der Waals surface area contributed by atoms with Crippen LogP contribution in [0.3, 0.4) is 0 Å². The van der Waals surface area contributed by atoms with Crippen LogP contribution < -0.4 is 5.32 Å². The van der Waals surface area contributed by atoms with Gasteiger partial charge in [0.1, 0.15) is 5.82 Å². The minimum absolute atomic E-state index is 0.150. The Hall–Kier alpha value is -3.14. The predicted molar refractivity (Wildman–Crippen MR) is 105 cm³/mol. The van der Waals surface area contributed by atoms with E-state index in [4.69, 9.17) is 4.98 Å². The van der Waals surface area contributed by atoms with Gasteiger partial charge in [0.15, 0.2) is 0 Å². The highest BCUT2D eigenvalue weighted by Gasteiger charge is 2.16. The van der Waals surface area contributed by atoms with Gasteiger partial charge in [-0.05, 0) is 19.4 Å². The van der Waals surface area contributed by atoms with Crippen LogP contribution >= 0.6 is 0 Å². The van der Waals surface area contributed by atoms with Crippen molar-refractivity contribution in [2.45, 2.75) is 26.9 Å². The van der Waals surface area contributed by atoms with Gasteiger partial charge in [-0.2, -0.15) is 0 Å². The maximum absolute atomic E-state index is 11.8. The zero-order valence-corrected chi connectivity index (χ0v) is 15.2. The molecule has 4 heteroatoms. The van der Waals surface area contributed by atoms with Crippen LogP contribution in [0.15, 0.2) is 72.8 Å². The molecule has 0 aliphatic rings. The van der Waals surface area contributed by atoms with E-state index in [-0.39, 0.29) is 5.91 Å². The summed E-state index contributed by atoms with van der Waals surface area (Å²) in [7, 11) is 0. The van der Waals surface area contributed by atoms with Crippen molar-refractivity contribution >= 4 is 5.91 Å². The molecule has 0 aliphatic heterocycles. The quantitative estimate of drug-likeness (QED) is 0.684. The normalized spacial score (nSPS) is 10.5. The standard InChI is InChI=1S/C22H23N3O/c1-16(2)22(26)23-14-20-17(3)25(15-18-10-6-4-7-11-18)21(24-20)19-12-8-5-9-13-19/h4-13H,1,14-15H2,2-3H3,(H,23,26). The summed E-state index contributed by atoms with van der Waals surface area (Å²) in [6.45, 7) is 8.55. The van der Waals surface area contributed by atoms with Gasteiger partial charge < -0.3 is 9.88 Å². The van der Waals surface area contributed by atoms with Gasteiger partial charge in [0.05, 0.1) is 12.2 Å². The second-order valence-electron chi connectivity index (χ2n) is 6.37. The Morgan fingerprint density at radius 2 is 1.69 bits per heavy atom. The second kappa shape index (κ2) is 7.83. The van der Waals surface area contributed by atoms with Gasteiger partial charge in [-0.25, -0.2) is 4.98 Å². The van der Waals surface area contributed by atoms with E-state index in [2.05, 4.69) is 40.7 Å². The van der Waals surface area contributed by atoms with Crippen molar-refractivity contribution in [1.29, 1.82) is 0 Å². The molecule has 3 aromatic rings. The third kappa shape index (κ3) is 3.91. The smallest absolute Gasteiger partial charge is 0.246 e. The Morgan fingerprint density at radius 3 is 2.31 bits per heavy atom. The number of rotatable bonds is 6. The topological polar surface area (TPSA) is 46.9 Å². The van der Waals surface area contributed by atoms with Crippen LogP contribution in [-0.2, 0) is 17.9 Å². The number of carbonyl (C=O) groups is 1. The first kappa shape index (κ1) is 17.7. The lowest BCUT2D eigenvalue weighted by Crippen LogP contribution is -2.23. The monoisotopic (exact) mass is 345 g/mol. The van der Waals surface area contributed by atoms with Crippen molar-refractivity contribution in [3.8, 4) is 11.4 Å². The van der Waals surface area contributed by atoms with Gasteiger partial charge in [0, 0.05) is 23.4 Å². The molecule has 4 nitrogen and oxygen atoms in total. The molecule has 1 N–H and O–H groups in total. The van der Waals surface area contributed by atoms with Gasteiger partial charge in [-0.1, -0.05) is 67.2 Å².